The fraction of sp³-hybridized carbons (Fsp3) is 0.523. The Balaban J connectivity index is 1.75. The van der Waals surface area contributed by atoms with E-state index in [9.17, 15) is 19.8 Å². The predicted molar refractivity (Wildman–Crippen MR) is 214 cm³/mol. The summed E-state index contributed by atoms with van der Waals surface area (Å²) in [5.41, 5.74) is 2.91. The summed E-state index contributed by atoms with van der Waals surface area (Å²) in [4.78, 5) is 33.1. The Labute approximate surface area is 330 Å². The Bertz CT molecular complexity index is 1730. The van der Waals surface area contributed by atoms with E-state index < -0.39 is 23.8 Å². The van der Waals surface area contributed by atoms with Gasteiger partial charge in [0.2, 0.25) is 5.79 Å². The maximum Gasteiger partial charge on any atom is 0.410 e. The molecule has 1 heterocycles. The molecule has 12 heteroatoms. The number of aldehydes is 1. The highest BCUT2D eigenvalue weighted by molar-refractivity contribution is 6.03. The molecule has 0 saturated heterocycles. The second-order valence-corrected chi connectivity index (χ2v) is 14.5. The van der Waals surface area contributed by atoms with Crippen molar-refractivity contribution in [3.63, 3.8) is 0 Å². The molecule has 1 amide bonds. The van der Waals surface area contributed by atoms with E-state index in [1.807, 2.05) is 25.1 Å². The van der Waals surface area contributed by atoms with E-state index in [1.54, 1.807) is 35.3 Å². The van der Waals surface area contributed by atoms with Gasteiger partial charge in [-0.15, -0.1) is 13.2 Å². The van der Waals surface area contributed by atoms with Crippen LogP contribution in [-0.4, -0.2) is 92.2 Å². The highest BCUT2D eigenvalue weighted by Crippen LogP contribution is 2.62. The Morgan fingerprint density at radius 3 is 2.46 bits per heavy atom. The smallest absolute Gasteiger partial charge is 0.410 e. The number of fused-ring (bicyclic) bond motifs is 2. The molecular weight excluding hydrogens is 716 g/mol. The van der Waals surface area contributed by atoms with E-state index in [0.717, 1.165) is 43.1 Å². The number of carbonyl (C=O) groups is 2. The third kappa shape index (κ3) is 9.14. The first-order chi connectivity index (χ1) is 27.3. The molecule has 0 radical (unpaired) electrons. The molecule has 56 heavy (non-hydrogen) atoms. The minimum Gasteiger partial charge on any atom is -0.496 e. The fourth-order valence-electron chi connectivity index (χ4n) is 8.75. The van der Waals surface area contributed by atoms with Gasteiger partial charge in [0.05, 0.1) is 37.5 Å². The zero-order chi connectivity index (χ0) is 40.1. The van der Waals surface area contributed by atoms with Gasteiger partial charge in [-0.05, 0) is 92.3 Å². The predicted octanol–water partition coefficient (Wildman–Crippen LogP) is 7.99. The molecule has 5 rings (SSSR count). The van der Waals surface area contributed by atoms with Crippen molar-refractivity contribution < 1.29 is 48.3 Å². The van der Waals surface area contributed by atoms with Crippen LogP contribution in [0.2, 0.25) is 0 Å². The summed E-state index contributed by atoms with van der Waals surface area (Å²) in [5, 5.41) is 24.3. The van der Waals surface area contributed by atoms with Crippen LogP contribution in [0.3, 0.4) is 0 Å². The second kappa shape index (κ2) is 20.5. The van der Waals surface area contributed by atoms with Gasteiger partial charge < -0.3 is 38.7 Å². The number of allylic oxidation sites excluding steroid dienone is 1. The first-order valence-electron chi connectivity index (χ1n) is 19.8. The Hall–Kier alpha value is -4.65. The van der Waals surface area contributed by atoms with Gasteiger partial charge in [0.25, 0.3) is 0 Å². The number of carbonyl (C=O) groups excluding carboxylic acids is 2. The van der Waals surface area contributed by atoms with Crippen molar-refractivity contribution in [3.8, 4) is 23.0 Å². The van der Waals surface area contributed by atoms with Crippen LogP contribution in [0.25, 0.3) is 0 Å². The van der Waals surface area contributed by atoms with Gasteiger partial charge in [-0.25, -0.2) is 4.79 Å². The van der Waals surface area contributed by atoms with Gasteiger partial charge in [0, 0.05) is 37.7 Å². The van der Waals surface area contributed by atoms with Crippen molar-refractivity contribution in [2.45, 2.75) is 82.5 Å². The molecule has 1 saturated carbocycles. The summed E-state index contributed by atoms with van der Waals surface area (Å²) in [7, 11) is 3.03. The number of benzene rings is 2. The van der Waals surface area contributed by atoms with Crippen molar-refractivity contribution >= 4 is 18.1 Å². The number of methoxy groups -OCH3 is 1. The van der Waals surface area contributed by atoms with Gasteiger partial charge in [-0.3, -0.25) is 9.69 Å². The minimum absolute atomic E-state index is 0.0444. The van der Waals surface area contributed by atoms with Crippen LogP contribution in [0, 0.1) is 17.8 Å². The summed E-state index contributed by atoms with van der Waals surface area (Å²) >= 11 is 0. The van der Waals surface area contributed by atoms with Gasteiger partial charge in [0.1, 0.15) is 36.1 Å². The lowest BCUT2D eigenvalue weighted by molar-refractivity contribution is -0.255. The average molecular weight is 775 g/mol. The molecular formula is C44H58N2O10. The molecule has 1 fully saturated rings. The largest absolute Gasteiger partial charge is 0.496 e. The monoisotopic (exact) mass is 774 g/mol. The molecule has 6 atom stereocenters. The fourth-order valence-corrected chi connectivity index (χ4v) is 8.75. The van der Waals surface area contributed by atoms with Crippen LogP contribution >= 0.6 is 0 Å². The third-order valence-electron chi connectivity index (χ3n) is 11.0. The van der Waals surface area contributed by atoms with Crippen LogP contribution in [0.1, 0.15) is 86.6 Å². The number of nitrogens with zero attached hydrogens (tertiary/aromatic N) is 2. The van der Waals surface area contributed by atoms with Crippen molar-refractivity contribution in [1.29, 1.82) is 0 Å². The van der Waals surface area contributed by atoms with E-state index in [0.29, 0.717) is 66.5 Å². The van der Waals surface area contributed by atoms with Crippen molar-refractivity contribution in [2.24, 2.45) is 22.9 Å². The Kier molecular flexibility index (Phi) is 15.6. The molecule has 2 N–H and O–H groups in total. The highest BCUT2D eigenvalue weighted by atomic mass is 16.7. The number of hydrogen-bond acceptors (Lipinski definition) is 11. The Morgan fingerprint density at radius 2 is 1.79 bits per heavy atom. The van der Waals surface area contributed by atoms with Crippen molar-refractivity contribution in [2.75, 3.05) is 47.2 Å². The molecule has 12 nitrogen and oxygen atoms in total. The Morgan fingerprint density at radius 1 is 1.04 bits per heavy atom. The molecule has 2 aromatic rings. The quantitative estimate of drug-likeness (QED) is 0.0523. The number of aliphatic hydroxyl groups excluding tert-OH is 2. The lowest BCUT2D eigenvalue weighted by Gasteiger charge is -2.59. The van der Waals surface area contributed by atoms with Crippen LogP contribution in [0.4, 0.5) is 4.79 Å². The first-order valence-corrected chi connectivity index (χ1v) is 19.8. The zero-order valence-corrected chi connectivity index (χ0v) is 33.0. The normalized spacial score (nSPS) is 24.1. The number of rotatable bonds is 22. The van der Waals surface area contributed by atoms with Gasteiger partial charge in [0.15, 0.2) is 6.29 Å². The number of aliphatic hydroxyl groups is 2. The first kappa shape index (κ1) is 42.5. The van der Waals surface area contributed by atoms with E-state index in [-0.39, 0.29) is 50.6 Å². The number of oxime groups is 1. The molecule has 0 aromatic heterocycles. The maximum atomic E-state index is 14.1. The van der Waals surface area contributed by atoms with Gasteiger partial charge in [-0.1, -0.05) is 43.1 Å². The van der Waals surface area contributed by atoms with E-state index in [1.165, 1.54) is 14.2 Å². The number of hydrogen-bond donors (Lipinski definition) is 2. The average Bonchev–Trinajstić information content (AvgIpc) is 3.21. The second-order valence-electron chi connectivity index (χ2n) is 14.5. The standard InChI is InChI=1S/C44H58N2O10/c1-6-9-24-53-43(50)46(20-7-2)40-28-37(45-52-5)35-26-30(14-10-12-21-47)34(15-11-13-22-48)41-36-27-33(55-32-16-18-38(51-4)31(25-32)29-49)17-19-39(36)56-44(40,42(35)41)54-23-8-3/h6,8,16-19,25-27,29-30,34,40-42,47-48H,1,3,7,9-15,20-24,28H2,2,4-5H3. The van der Waals surface area contributed by atoms with Crippen LogP contribution in [0.5, 0.6) is 23.0 Å². The molecule has 304 valence electrons. The van der Waals surface area contributed by atoms with Crippen LogP contribution in [-0.2, 0) is 14.3 Å². The maximum absolute atomic E-state index is 14.1. The SMILES string of the molecule is C=CCCOC(=O)N(CCC)C1CC(=NOC)C2=CC(CCCCO)C(CCCCO)C3c4cc(Oc5ccc(OC)c(C=O)c5)ccc4OC1(OCC=C)C23. The highest BCUT2D eigenvalue weighted by Gasteiger charge is 2.65. The van der Waals surface area contributed by atoms with Gasteiger partial charge >= 0.3 is 6.09 Å². The molecule has 3 aliphatic rings. The molecule has 1 aliphatic heterocycles. The van der Waals surface area contributed by atoms with Gasteiger partial charge in [-0.2, -0.15) is 0 Å². The molecule has 0 bridgehead atoms. The van der Waals surface area contributed by atoms with Crippen LogP contribution < -0.4 is 14.2 Å². The van der Waals surface area contributed by atoms with E-state index >= 15 is 0 Å². The third-order valence-corrected chi connectivity index (χ3v) is 11.0. The number of unbranched alkanes of at least 4 members (excludes halogenated alkanes) is 2. The molecule has 6 unspecified atom stereocenters. The zero-order valence-electron chi connectivity index (χ0n) is 33.0. The van der Waals surface area contributed by atoms with Crippen LogP contribution in [0.15, 0.2) is 78.5 Å². The van der Waals surface area contributed by atoms with E-state index in [4.69, 9.17) is 28.5 Å². The number of amides is 1. The summed E-state index contributed by atoms with van der Waals surface area (Å²) in [5.74, 6) is 0.109. The lowest BCUT2D eigenvalue weighted by atomic mass is 9.55. The summed E-state index contributed by atoms with van der Waals surface area (Å²) in [6.45, 7) is 10.7. The summed E-state index contributed by atoms with van der Waals surface area (Å²) in [6, 6.07) is 10.1. The lowest BCUT2D eigenvalue weighted by Crippen LogP contribution is -2.70. The molecule has 2 aliphatic carbocycles. The van der Waals surface area contributed by atoms with Crippen molar-refractivity contribution in [3.05, 3.63) is 84.5 Å². The molecule has 2 aromatic carbocycles. The minimum atomic E-state index is -1.39. The topological polar surface area (TPSA) is 146 Å². The summed E-state index contributed by atoms with van der Waals surface area (Å²) < 4.78 is 31.7. The number of ether oxygens (including phenoxy) is 5. The summed E-state index contributed by atoms with van der Waals surface area (Å²) in [6.07, 6.45) is 11.9. The van der Waals surface area contributed by atoms with E-state index in [2.05, 4.69) is 24.4 Å². The molecule has 0 spiro atoms. The van der Waals surface area contributed by atoms with Crippen molar-refractivity contribution in [1.82, 2.24) is 4.90 Å².